The summed E-state index contributed by atoms with van der Waals surface area (Å²) in [6, 6.07) is 6.16. The first-order valence-corrected chi connectivity index (χ1v) is 10.2. The van der Waals surface area contributed by atoms with E-state index in [1.54, 1.807) is 4.90 Å². The van der Waals surface area contributed by atoms with E-state index in [1.165, 1.54) is 37.1 Å². The van der Waals surface area contributed by atoms with E-state index in [0.29, 0.717) is 24.7 Å². The van der Waals surface area contributed by atoms with Crippen LogP contribution in [0.3, 0.4) is 0 Å². The molecule has 0 saturated carbocycles. The fourth-order valence-electron chi connectivity index (χ4n) is 4.74. The molecule has 0 spiro atoms. The Hall–Kier alpha value is -1.95. The van der Waals surface area contributed by atoms with Gasteiger partial charge in [-0.1, -0.05) is 0 Å². The summed E-state index contributed by atoms with van der Waals surface area (Å²) in [7, 11) is 0. The lowest BCUT2D eigenvalue weighted by Gasteiger charge is -2.34. The normalized spacial score (nSPS) is 26.6. The van der Waals surface area contributed by atoms with Crippen LogP contribution in [-0.4, -0.2) is 71.8 Å². The van der Waals surface area contributed by atoms with Crippen LogP contribution in [0.1, 0.15) is 42.5 Å². The largest absolute Gasteiger partial charge is 0.341 e. The number of amides is 2. The highest BCUT2D eigenvalue weighted by Crippen LogP contribution is 2.25. The SMILES string of the molecule is O=C(c1ccc(F)cc1)N1CCCC(C(=O)N2CCC(N3CCCC3)C2)C1. The molecule has 3 saturated heterocycles. The van der Waals surface area contributed by atoms with Gasteiger partial charge >= 0.3 is 0 Å². The van der Waals surface area contributed by atoms with Gasteiger partial charge in [0.05, 0.1) is 5.92 Å². The van der Waals surface area contributed by atoms with E-state index in [-0.39, 0.29) is 23.5 Å². The molecule has 3 aliphatic rings. The van der Waals surface area contributed by atoms with Crippen molar-refractivity contribution < 1.29 is 14.0 Å². The van der Waals surface area contributed by atoms with Crippen molar-refractivity contribution in [3.8, 4) is 0 Å². The fourth-order valence-corrected chi connectivity index (χ4v) is 4.74. The highest BCUT2D eigenvalue weighted by atomic mass is 19.1. The Labute approximate surface area is 160 Å². The lowest BCUT2D eigenvalue weighted by atomic mass is 9.96. The van der Waals surface area contributed by atoms with Gasteiger partial charge in [-0.15, -0.1) is 0 Å². The van der Waals surface area contributed by atoms with Crippen molar-refractivity contribution in [1.82, 2.24) is 14.7 Å². The number of hydrogen-bond acceptors (Lipinski definition) is 3. The maximum absolute atomic E-state index is 13.1. The van der Waals surface area contributed by atoms with E-state index in [2.05, 4.69) is 4.90 Å². The number of benzene rings is 1. The third kappa shape index (κ3) is 4.00. The van der Waals surface area contributed by atoms with Gasteiger partial charge in [-0.2, -0.15) is 0 Å². The second-order valence-corrected chi connectivity index (χ2v) is 8.07. The van der Waals surface area contributed by atoms with Crippen LogP contribution in [0.5, 0.6) is 0 Å². The van der Waals surface area contributed by atoms with Crippen molar-refractivity contribution in [3.63, 3.8) is 0 Å². The molecule has 27 heavy (non-hydrogen) atoms. The molecule has 0 N–H and O–H groups in total. The van der Waals surface area contributed by atoms with Gasteiger partial charge in [-0.05, 0) is 69.5 Å². The summed E-state index contributed by atoms with van der Waals surface area (Å²) in [5, 5.41) is 0. The van der Waals surface area contributed by atoms with Gasteiger partial charge in [0, 0.05) is 37.8 Å². The van der Waals surface area contributed by atoms with Crippen LogP contribution in [-0.2, 0) is 4.79 Å². The smallest absolute Gasteiger partial charge is 0.253 e. The van der Waals surface area contributed by atoms with E-state index < -0.39 is 0 Å². The Morgan fingerprint density at radius 1 is 0.852 bits per heavy atom. The molecule has 4 rings (SSSR count). The maximum atomic E-state index is 13.1. The maximum Gasteiger partial charge on any atom is 0.253 e. The standard InChI is InChI=1S/C21H28FN3O2/c22-18-7-5-16(6-8-18)20(26)24-12-3-4-17(14-24)21(27)25-13-9-19(15-25)23-10-1-2-11-23/h5-8,17,19H,1-4,9-15H2. The quantitative estimate of drug-likeness (QED) is 0.817. The lowest BCUT2D eigenvalue weighted by Crippen LogP contribution is -2.47. The molecule has 3 aliphatic heterocycles. The monoisotopic (exact) mass is 373 g/mol. The van der Waals surface area contributed by atoms with E-state index in [1.807, 2.05) is 4.90 Å². The Bertz CT molecular complexity index is 687. The van der Waals surface area contributed by atoms with Crippen LogP contribution < -0.4 is 0 Å². The number of nitrogens with zero attached hydrogens (tertiary/aromatic N) is 3. The Morgan fingerprint density at radius 3 is 2.33 bits per heavy atom. The minimum atomic E-state index is -0.347. The first-order chi connectivity index (χ1) is 13.1. The number of carbonyl (C=O) groups excluding carboxylic acids is 2. The average molecular weight is 373 g/mol. The molecule has 0 aromatic heterocycles. The summed E-state index contributed by atoms with van der Waals surface area (Å²) in [5.74, 6) is -0.363. The Kier molecular flexibility index (Phi) is 5.43. The molecule has 0 aliphatic carbocycles. The van der Waals surface area contributed by atoms with Gasteiger partial charge in [-0.3, -0.25) is 14.5 Å². The van der Waals surface area contributed by atoms with Crippen molar-refractivity contribution >= 4 is 11.8 Å². The summed E-state index contributed by atoms with van der Waals surface area (Å²) in [6.45, 7) is 5.13. The van der Waals surface area contributed by atoms with Crippen molar-refractivity contribution in [2.45, 2.75) is 38.1 Å². The van der Waals surface area contributed by atoms with Gasteiger partial charge < -0.3 is 9.80 Å². The van der Waals surface area contributed by atoms with Crippen LogP contribution in [0.4, 0.5) is 4.39 Å². The molecule has 2 unspecified atom stereocenters. The van der Waals surface area contributed by atoms with Gasteiger partial charge in [0.2, 0.25) is 5.91 Å². The molecule has 2 atom stereocenters. The zero-order chi connectivity index (χ0) is 18.8. The van der Waals surface area contributed by atoms with Crippen LogP contribution in [0.25, 0.3) is 0 Å². The first kappa shape index (κ1) is 18.4. The second kappa shape index (κ2) is 7.97. The number of piperidine rings is 1. The van der Waals surface area contributed by atoms with Crippen LogP contribution in [0, 0.1) is 11.7 Å². The minimum Gasteiger partial charge on any atom is -0.341 e. The predicted molar refractivity (Wildman–Crippen MR) is 101 cm³/mol. The molecular formula is C21H28FN3O2. The molecule has 1 aromatic rings. The molecule has 0 radical (unpaired) electrons. The van der Waals surface area contributed by atoms with Crippen LogP contribution >= 0.6 is 0 Å². The van der Waals surface area contributed by atoms with E-state index in [0.717, 1.165) is 45.4 Å². The van der Waals surface area contributed by atoms with Gasteiger partial charge in [0.15, 0.2) is 0 Å². The molecule has 2 amide bonds. The van der Waals surface area contributed by atoms with Gasteiger partial charge in [0.25, 0.3) is 5.91 Å². The molecular weight excluding hydrogens is 345 g/mol. The van der Waals surface area contributed by atoms with Gasteiger partial charge in [0.1, 0.15) is 5.82 Å². The van der Waals surface area contributed by atoms with Crippen LogP contribution in [0.15, 0.2) is 24.3 Å². The zero-order valence-electron chi connectivity index (χ0n) is 15.8. The highest BCUT2D eigenvalue weighted by molar-refractivity contribution is 5.94. The van der Waals surface area contributed by atoms with Crippen molar-refractivity contribution in [1.29, 1.82) is 0 Å². The molecule has 3 heterocycles. The average Bonchev–Trinajstić information content (AvgIpc) is 3.39. The van der Waals surface area contributed by atoms with Crippen molar-refractivity contribution in [2.75, 3.05) is 39.3 Å². The molecule has 3 fully saturated rings. The van der Waals surface area contributed by atoms with Crippen molar-refractivity contribution in [3.05, 3.63) is 35.6 Å². The van der Waals surface area contributed by atoms with E-state index in [4.69, 9.17) is 0 Å². The minimum absolute atomic E-state index is 0.108. The van der Waals surface area contributed by atoms with Crippen LogP contribution in [0.2, 0.25) is 0 Å². The molecule has 5 nitrogen and oxygen atoms in total. The number of rotatable bonds is 3. The van der Waals surface area contributed by atoms with E-state index in [9.17, 15) is 14.0 Å². The highest BCUT2D eigenvalue weighted by Gasteiger charge is 2.36. The summed E-state index contributed by atoms with van der Waals surface area (Å²) in [5.41, 5.74) is 0.486. The van der Waals surface area contributed by atoms with Gasteiger partial charge in [-0.25, -0.2) is 4.39 Å². The Morgan fingerprint density at radius 2 is 1.59 bits per heavy atom. The zero-order valence-corrected chi connectivity index (χ0v) is 15.8. The summed E-state index contributed by atoms with van der Waals surface area (Å²) in [6.07, 6.45) is 5.29. The third-order valence-electron chi connectivity index (χ3n) is 6.28. The predicted octanol–water partition coefficient (Wildman–Crippen LogP) is 2.37. The number of hydrogen-bond donors (Lipinski definition) is 0. The van der Waals surface area contributed by atoms with E-state index >= 15 is 0 Å². The summed E-state index contributed by atoms with van der Waals surface area (Å²) in [4.78, 5) is 32.0. The Balaban J connectivity index is 1.35. The first-order valence-electron chi connectivity index (χ1n) is 10.2. The molecule has 146 valence electrons. The number of carbonyl (C=O) groups is 2. The number of halogens is 1. The molecule has 0 bridgehead atoms. The summed E-state index contributed by atoms with van der Waals surface area (Å²) >= 11 is 0. The topological polar surface area (TPSA) is 43.9 Å². The third-order valence-corrected chi connectivity index (χ3v) is 6.28. The lowest BCUT2D eigenvalue weighted by molar-refractivity contribution is -0.136. The summed E-state index contributed by atoms with van der Waals surface area (Å²) < 4.78 is 13.1. The number of likely N-dealkylation sites (tertiary alicyclic amines) is 3. The fraction of sp³-hybridized carbons (Fsp3) is 0.619. The molecule has 1 aromatic carbocycles. The molecule has 6 heteroatoms. The second-order valence-electron chi connectivity index (χ2n) is 8.07. The van der Waals surface area contributed by atoms with Crippen molar-refractivity contribution in [2.24, 2.45) is 5.92 Å².